The Morgan fingerprint density at radius 2 is 2.19 bits per heavy atom. The maximum atomic E-state index is 6.04. The second-order valence-electron chi connectivity index (χ2n) is 3.16. The molecule has 0 spiro atoms. The molecule has 0 aliphatic carbocycles. The van der Waals surface area contributed by atoms with Crippen molar-refractivity contribution in [3.05, 3.63) is 33.6 Å². The summed E-state index contributed by atoms with van der Waals surface area (Å²) in [7, 11) is 0. The number of hydrogen-bond donors (Lipinski definition) is 1. The molecule has 4 nitrogen and oxygen atoms in total. The highest BCUT2D eigenvalue weighted by Crippen LogP contribution is 2.29. The van der Waals surface area contributed by atoms with E-state index in [4.69, 9.17) is 21.8 Å². The van der Waals surface area contributed by atoms with Gasteiger partial charge < -0.3 is 10.2 Å². The molecule has 2 rings (SSSR count). The van der Waals surface area contributed by atoms with Gasteiger partial charge in [0.25, 0.3) is 0 Å². The van der Waals surface area contributed by atoms with E-state index in [1.165, 1.54) is 0 Å². The highest BCUT2D eigenvalue weighted by atomic mass is 79.9. The zero-order chi connectivity index (χ0) is 11.5. The van der Waals surface area contributed by atoms with Crippen LogP contribution in [0.4, 0.5) is 0 Å². The summed E-state index contributed by atoms with van der Waals surface area (Å²) in [5.74, 6) is 0.934. The van der Waals surface area contributed by atoms with Gasteiger partial charge in [-0.1, -0.05) is 27.5 Å². The Kier molecular flexibility index (Phi) is 3.58. The molecule has 0 amide bonds. The molecule has 0 atom stereocenters. The molecule has 84 valence electrons. The van der Waals surface area contributed by atoms with Crippen molar-refractivity contribution in [1.82, 2.24) is 10.2 Å². The first-order chi connectivity index (χ1) is 7.70. The molecule has 1 aromatic carbocycles. The summed E-state index contributed by atoms with van der Waals surface area (Å²) >= 11 is 9.41. The largest absolute Gasteiger partial charge is 0.421 e. The third kappa shape index (κ3) is 2.42. The SMILES string of the molecule is NCCc1nnc(-c2cc(Br)ccc2Cl)o1. The fourth-order valence-electron chi connectivity index (χ4n) is 1.25. The van der Waals surface area contributed by atoms with E-state index in [0.29, 0.717) is 35.3 Å². The molecule has 0 aliphatic rings. The van der Waals surface area contributed by atoms with Gasteiger partial charge in [0.15, 0.2) is 0 Å². The normalized spacial score (nSPS) is 10.7. The van der Waals surface area contributed by atoms with Crippen LogP contribution in [0.25, 0.3) is 11.5 Å². The van der Waals surface area contributed by atoms with Crippen LogP contribution in [0.15, 0.2) is 27.1 Å². The summed E-state index contributed by atoms with van der Waals surface area (Å²) in [5, 5.41) is 8.39. The predicted molar refractivity (Wildman–Crippen MR) is 65.2 cm³/mol. The molecule has 2 N–H and O–H groups in total. The Balaban J connectivity index is 2.38. The first-order valence-corrected chi connectivity index (χ1v) is 5.85. The Hall–Kier alpha value is -0.910. The fourth-order valence-corrected chi connectivity index (χ4v) is 1.81. The molecular weight excluding hydrogens is 293 g/mol. The van der Waals surface area contributed by atoms with Crippen molar-refractivity contribution in [3.63, 3.8) is 0 Å². The van der Waals surface area contributed by atoms with Gasteiger partial charge in [0.2, 0.25) is 11.8 Å². The number of halogens is 2. The molecule has 16 heavy (non-hydrogen) atoms. The highest BCUT2D eigenvalue weighted by molar-refractivity contribution is 9.10. The second-order valence-corrected chi connectivity index (χ2v) is 4.49. The number of nitrogens with zero attached hydrogens (tertiary/aromatic N) is 2. The first kappa shape index (κ1) is 11.6. The van der Waals surface area contributed by atoms with Gasteiger partial charge in [-0.25, -0.2) is 0 Å². The number of rotatable bonds is 3. The van der Waals surface area contributed by atoms with Gasteiger partial charge >= 0.3 is 0 Å². The van der Waals surface area contributed by atoms with Crippen LogP contribution >= 0.6 is 27.5 Å². The summed E-state index contributed by atoms with van der Waals surface area (Å²) < 4.78 is 6.35. The lowest BCUT2D eigenvalue weighted by Crippen LogP contribution is -2.02. The van der Waals surface area contributed by atoms with E-state index in [-0.39, 0.29) is 0 Å². The lowest BCUT2D eigenvalue weighted by Gasteiger charge is -1.99. The average molecular weight is 303 g/mol. The maximum Gasteiger partial charge on any atom is 0.249 e. The molecule has 0 fully saturated rings. The van der Waals surface area contributed by atoms with Crippen LogP contribution in [0.3, 0.4) is 0 Å². The third-order valence-corrected chi connectivity index (χ3v) is 2.81. The van der Waals surface area contributed by atoms with Gasteiger partial charge in [0, 0.05) is 17.4 Å². The van der Waals surface area contributed by atoms with Crippen LogP contribution in [-0.2, 0) is 6.42 Å². The summed E-state index contributed by atoms with van der Waals surface area (Å²) in [5.41, 5.74) is 6.12. The molecule has 1 heterocycles. The number of hydrogen-bond acceptors (Lipinski definition) is 4. The standard InChI is InChI=1S/C10H9BrClN3O/c11-6-1-2-8(12)7(5-6)10-15-14-9(16-10)3-4-13/h1-2,5H,3-4,13H2. The molecule has 2 aromatic rings. The first-order valence-electron chi connectivity index (χ1n) is 4.68. The minimum absolute atomic E-state index is 0.412. The monoisotopic (exact) mass is 301 g/mol. The van der Waals surface area contributed by atoms with Gasteiger partial charge in [0.1, 0.15) is 0 Å². The van der Waals surface area contributed by atoms with Crippen molar-refractivity contribution in [3.8, 4) is 11.5 Å². The molecule has 0 aliphatic heterocycles. The molecule has 0 radical (unpaired) electrons. The molecule has 6 heteroatoms. The number of benzene rings is 1. The molecule has 0 bridgehead atoms. The average Bonchev–Trinajstić information content (AvgIpc) is 2.71. The molecular formula is C10H9BrClN3O. The topological polar surface area (TPSA) is 64.9 Å². The lowest BCUT2D eigenvalue weighted by atomic mass is 10.2. The van der Waals surface area contributed by atoms with Crippen molar-refractivity contribution in [2.75, 3.05) is 6.54 Å². The lowest BCUT2D eigenvalue weighted by molar-refractivity contribution is 0.507. The fraction of sp³-hybridized carbons (Fsp3) is 0.200. The van der Waals surface area contributed by atoms with E-state index in [9.17, 15) is 0 Å². The molecule has 0 saturated carbocycles. The van der Waals surface area contributed by atoms with Crippen molar-refractivity contribution in [2.45, 2.75) is 6.42 Å². The van der Waals surface area contributed by atoms with E-state index in [1.807, 2.05) is 12.1 Å². The van der Waals surface area contributed by atoms with Crippen LogP contribution in [0, 0.1) is 0 Å². The van der Waals surface area contributed by atoms with Crippen molar-refractivity contribution >= 4 is 27.5 Å². The van der Waals surface area contributed by atoms with E-state index >= 15 is 0 Å². The van der Waals surface area contributed by atoms with Gasteiger partial charge in [0.05, 0.1) is 10.6 Å². The minimum atomic E-state index is 0.412. The zero-order valence-electron chi connectivity index (χ0n) is 8.28. The predicted octanol–water partition coefficient (Wildman–Crippen LogP) is 2.65. The number of nitrogens with two attached hydrogens (primary N) is 1. The van der Waals surface area contributed by atoms with E-state index in [0.717, 1.165) is 4.47 Å². The Bertz CT molecular complexity index is 501. The number of aromatic nitrogens is 2. The van der Waals surface area contributed by atoms with Crippen LogP contribution in [-0.4, -0.2) is 16.7 Å². The van der Waals surface area contributed by atoms with Crippen LogP contribution in [0.1, 0.15) is 5.89 Å². The quantitative estimate of drug-likeness (QED) is 0.946. The molecule has 1 aromatic heterocycles. The van der Waals surface area contributed by atoms with Crippen LogP contribution in [0.5, 0.6) is 0 Å². The van der Waals surface area contributed by atoms with Crippen LogP contribution < -0.4 is 5.73 Å². The summed E-state index contributed by atoms with van der Waals surface area (Å²) in [6.07, 6.45) is 0.568. The van der Waals surface area contributed by atoms with E-state index in [2.05, 4.69) is 26.1 Å². The smallest absolute Gasteiger partial charge is 0.249 e. The zero-order valence-corrected chi connectivity index (χ0v) is 10.6. The summed E-state index contributed by atoms with van der Waals surface area (Å²) in [6, 6.07) is 5.46. The molecule has 0 unspecified atom stereocenters. The minimum Gasteiger partial charge on any atom is -0.421 e. The second kappa shape index (κ2) is 4.95. The third-order valence-electron chi connectivity index (χ3n) is 1.98. The van der Waals surface area contributed by atoms with Gasteiger partial charge in [-0.3, -0.25) is 0 Å². The highest BCUT2D eigenvalue weighted by Gasteiger charge is 2.11. The van der Waals surface area contributed by atoms with Crippen molar-refractivity contribution in [2.24, 2.45) is 5.73 Å². The van der Waals surface area contributed by atoms with Crippen molar-refractivity contribution < 1.29 is 4.42 Å². The molecule has 0 saturated heterocycles. The Morgan fingerprint density at radius 3 is 2.94 bits per heavy atom. The summed E-state index contributed by atoms with van der Waals surface area (Å²) in [6.45, 7) is 0.480. The Labute approximate surface area is 106 Å². The van der Waals surface area contributed by atoms with E-state index in [1.54, 1.807) is 6.07 Å². The van der Waals surface area contributed by atoms with Gasteiger partial charge in [-0.05, 0) is 18.2 Å². The maximum absolute atomic E-state index is 6.04. The van der Waals surface area contributed by atoms with Gasteiger partial charge in [-0.15, -0.1) is 10.2 Å². The van der Waals surface area contributed by atoms with Gasteiger partial charge in [-0.2, -0.15) is 0 Å². The van der Waals surface area contributed by atoms with E-state index < -0.39 is 0 Å². The summed E-state index contributed by atoms with van der Waals surface area (Å²) in [4.78, 5) is 0. The van der Waals surface area contributed by atoms with Crippen LogP contribution in [0.2, 0.25) is 5.02 Å². The Morgan fingerprint density at radius 1 is 1.38 bits per heavy atom. The van der Waals surface area contributed by atoms with Crippen molar-refractivity contribution in [1.29, 1.82) is 0 Å².